The second kappa shape index (κ2) is 13.0. The number of nitrogens with one attached hydrogen (secondary N) is 2. The zero-order valence-electron chi connectivity index (χ0n) is 20.0. The topological polar surface area (TPSA) is 128 Å². The zero-order valence-corrected chi connectivity index (χ0v) is 23.2. The van der Waals surface area contributed by atoms with Crippen molar-refractivity contribution in [3.63, 3.8) is 0 Å². The van der Waals surface area contributed by atoms with Crippen molar-refractivity contribution in [3.05, 3.63) is 83.1 Å². The Hall–Kier alpha value is -3.33. The molecule has 14 heteroatoms. The summed E-state index contributed by atoms with van der Waals surface area (Å²) in [4.78, 5) is 17.5. The third-order valence-electron chi connectivity index (χ3n) is 4.95. The number of benzene rings is 2. The van der Waals surface area contributed by atoms with Crippen molar-refractivity contribution in [1.82, 2.24) is 24.7 Å². The van der Waals surface area contributed by atoms with E-state index < -0.39 is 16.0 Å². The second-order valence-electron chi connectivity index (χ2n) is 7.56. The predicted molar refractivity (Wildman–Crippen MR) is 146 cm³/mol. The van der Waals surface area contributed by atoms with Gasteiger partial charge >= 0.3 is 16.2 Å². The Morgan fingerprint density at radius 3 is 2.32 bits per heavy atom. The predicted octanol–water partition coefficient (Wildman–Crippen LogP) is 4.46. The largest absolute Gasteiger partial charge is 0.473 e. The maximum absolute atomic E-state index is 13.1. The van der Waals surface area contributed by atoms with Crippen LogP contribution in [0.25, 0.3) is 11.1 Å². The van der Waals surface area contributed by atoms with Crippen molar-refractivity contribution in [3.8, 4) is 23.0 Å². The third-order valence-corrected chi connectivity index (χ3v) is 7.15. The number of anilines is 1. The van der Waals surface area contributed by atoms with Crippen LogP contribution in [-0.4, -0.2) is 47.8 Å². The molecule has 38 heavy (non-hydrogen) atoms. The van der Waals surface area contributed by atoms with Crippen molar-refractivity contribution < 1.29 is 22.3 Å². The number of halogens is 2. The normalized spacial score (nSPS) is 11.2. The minimum atomic E-state index is -4.06. The van der Waals surface area contributed by atoms with E-state index in [0.29, 0.717) is 16.7 Å². The van der Waals surface area contributed by atoms with E-state index in [9.17, 15) is 12.8 Å². The lowest BCUT2D eigenvalue weighted by molar-refractivity contribution is 0.201. The van der Waals surface area contributed by atoms with Gasteiger partial charge in [0, 0.05) is 28.3 Å². The van der Waals surface area contributed by atoms with Crippen LogP contribution in [0.15, 0.2) is 76.6 Å². The summed E-state index contributed by atoms with van der Waals surface area (Å²) in [6.07, 6.45) is 6.44. The number of aromatic nitrogens is 4. The van der Waals surface area contributed by atoms with Crippen LogP contribution in [-0.2, 0) is 16.8 Å². The molecule has 2 aromatic heterocycles. The lowest BCUT2D eigenvalue weighted by atomic mass is 10.1. The first-order valence-electron chi connectivity index (χ1n) is 11.1. The van der Waals surface area contributed by atoms with Crippen LogP contribution in [0.4, 0.5) is 10.2 Å². The van der Waals surface area contributed by atoms with E-state index in [1.165, 1.54) is 42.4 Å². The number of nitrogens with zero attached hydrogens (tertiary/aromatic N) is 4. The maximum Gasteiger partial charge on any atom is 0.316 e. The fourth-order valence-electron chi connectivity index (χ4n) is 3.13. The van der Waals surface area contributed by atoms with Gasteiger partial charge in [-0.2, -0.15) is 13.1 Å². The molecule has 0 spiro atoms. The van der Waals surface area contributed by atoms with Gasteiger partial charge in [0.05, 0.1) is 5.56 Å². The van der Waals surface area contributed by atoms with Gasteiger partial charge in [-0.1, -0.05) is 40.2 Å². The highest BCUT2D eigenvalue weighted by atomic mass is 79.9. The Morgan fingerprint density at radius 1 is 0.947 bits per heavy atom. The van der Waals surface area contributed by atoms with Crippen LogP contribution < -0.4 is 18.9 Å². The van der Waals surface area contributed by atoms with Crippen LogP contribution in [0.5, 0.6) is 11.9 Å². The van der Waals surface area contributed by atoms with E-state index in [-0.39, 0.29) is 37.5 Å². The summed E-state index contributed by atoms with van der Waals surface area (Å²) in [5, 5.41) is 0. The average molecular weight is 622 g/mol. The monoisotopic (exact) mass is 620 g/mol. The molecule has 0 aliphatic rings. The van der Waals surface area contributed by atoms with E-state index in [0.717, 1.165) is 9.37 Å². The van der Waals surface area contributed by atoms with Crippen LogP contribution in [0.1, 0.15) is 5.56 Å². The smallest absolute Gasteiger partial charge is 0.316 e. The highest BCUT2D eigenvalue weighted by Crippen LogP contribution is 2.35. The molecule has 0 atom stereocenters. The number of hydrogen-bond acceptors (Lipinski definition) is 9. The van der Waals surface area contributed by atoms with Gasteiger partial charge in [0.25, 0.3) is 0 Å². The summed E-state index contributed by atoms with van der Waals surface area (Å²) in [6, 6.07) is 12.9. The molecule has 4 aromatic rings. The van der Waals surface area contributed by atoms with Crippen LogP contribution in [0, 0.1) is 5.82 Å². The number of thioether (sulfide) groups is 1. The molecule has 0 saturated carbocycles. The van der Waals surface area contributed by atoms with Crippen molar-refractivity contribution in [2.24, 2.45) is 0 Å². The molecule has 0 unspecified atom stereocenters. The molecule has 0 aliphatic heterocycles. The molecule has 0 radical (unpaired) electrons. The van der Waals surface area contributed by atoms with E-state index in [1.54, 1.807) is 36.7 Å². The van der Waals surface area contributed by atoms with Crippen molar-refractivity contribution in [2.45, 2.75) is 11.4 Å². The minimum Gasteiger partial charge on any atom is -0.473 e. The molecule has 0 amide bonds. The number of ether oxygens (including phenoxy) is 2. The summed E-state index contributed by atoms with van der Waals surface area (Å²) >= 11 is 4.92. The molecule has 198 valence electrons. The molecular weight excluding hydrogens is 599 g/mol. The summed E-state index contributed by atoms with van der Waals surface area (Å²) in [7, 11) is -4.06. The van der Waals surface area contributed by atoms with Gasteiger partial charge in [-0.3, -0.25) is 4.72 Å². The Balaban J connectivity index is 1.50. The molecule has 2 heterocycles. The molecule has 4 rings (SSSR count). The highest BCUT2D eigenvalue weighted by molar-refractivity contribution is 9.10. The van der Waals surface area contributed by atoms with Crippen molar-refractivity contribution >= 4 is 43.7 Å². The summed E-state index contributed by atoms with van der Waals surface area (Å²) in [5.74, 6) is -0.240. The fraction of sp³-hybridized carbons (Fsp3) is 0.167. The summed E-state index contributed by atoms with van der Waals surface area (Å²) in [5.41, 5.74) is 1.55. The third kappa shape index (κ3) is 7.84. The van der Waals surface area contributed by atoms with Gasteiger partial charge in [-0.05, 0) is 41.6 Å². The van der Waals surface area contributed by atoms with Gasteiger partial charge in [0.2, 0.25) is 5.88 Å². The molecule has 0 saturated heterocycles. The zero-order chi connectivity index (χ0) is 27.0. The van der Waals surface area contributed by atoms with E-state index in [4.69, 9.17) is 9.47 Å². The van der Waals surface area contributed by atoms with Crippen LogP contribution in [0.3, 0.4) is 0 Å². The summed E-state index contributed by atoms with van der Waals surface area (Å²) < 4.78 is 55.8. The quantitative estimate of drug-likeness (QED) is 0.174. The highest BCUT2D eigenvalue weighted by Gasteiger charge is 2.20. The Bertz CT molecular complexity index is 1460. The molecular formula is C24H22BrFN6O4S2. The summed E-state index contributed by atoms with van der Waals surface area (Å²) in [6.45, 7) is 0.168. The Labute approximate surface area is 231 Å². The standard InChI is InChI=1S/C24H22BrFN6O4S2/c1-37-20-13-27-24(28-14-20)36-11-10-35-23-21(17-4-6-18(25)7-5-17)22(29-15-30-23)32-38(33,34)31-12-16-2-8-19(26)9-3-16/h2-9,13-15,31H,10-12H2,1H3,(H,29,30,32). The molecule has 0 fully saturated rings. The SMILES string of the molecule is CSc1cnc(OCCOc2ncnc(NS(=O)(=O)NCc3ccc(F)cc3)c2-c2ccc(Br)cc2)nc1. The van der Waals surface area contributed by atoms with Crippen molar-refractivity contribution in [1.29, 1.82) is 0 Å². The van der Waals surface area contributed by atoms with Gasteiger partial charge in [0.1, 0.15) is 25.4 Å². The molecule has 2 aromatic carbocycles. The first-order valence-corrected chi connectivity index (χ1v) is 14.6. The van der Waals surface area contributed by atoms with E-state index in [2.05, 4.69) is 45.3 Å². The fourth-order valence-corrected chi connectivity index (χ4v) is 4.55. The second-order valence-corrected chi connectivity index (χ2v) is 10.9. The van der Waals surface area contributed by atoms with Gasteiger partial charge in [-0.25, -0.2) is 24.3 Å². The molecule has 10 nitrogen and oxygen atoms in total. The number of hydrogen-bond donors (Lipinski definition) is 2. The maximum atomic E-state index is 13.1. The van der Waals surface area contributed by atoms with Crippen LogP contribution in [0.2, 0.25) is 0 Å². The number of rotatable bonds is 12. The van der Waals surface area contributed by atoms with Crippen molar-refractivity contribution in [2.75, 3.05) is 24.2 Å². The Morgan fingerprint density at radius 2 is 1.63 bits per heavy atom. The van der Waals surface area contributed by atoms with Gasteiger partial charge in [0.15, 0.2) is 5.82 Å². The molecule has 0 aliphatic carbocycles. The first-order chi connectivity index (χ1) is 18.3. The van der Waals surface area contributed by atoms with Gasteiger partial charge < -0.3 is 9.47 Å². The van der Waals surface area contributed by atoms with E-state index >= 15 is 0 Å². The lowest BCUT2D eigenvalue weighted by Gasteiger charge is -2.16. The van der Waals surface area contributed by atoms with Gasteiger partial charge in [-0.15, -0.1) is 11.8 Å². The Kier molecular flexibility index (Phi) is 9.44. The lowest BCUT2D eigenvalue weighted by Crippen LogP contribution is -2.30. The van der Waals surface area contributed by atoms with E-state index in [1.807, 2.05) is 6.26 Å². The molecule has 2 N–H and O–H groups in total. The minimum absolute atomic E-state index is 0.0147. The first kappa shape index (κ1) is 27.7. The average Bonchev–Trinajstić information content (AvgIpc) is 2.92. The van der Waals surface area contributed by atoms with Crippen LogP contribution >= 0.6 is 27.7 Å². The molecule has 0 bridgehead atoms.